The van der Waals surface area contributed by atoms with Crippen LogP contribution >= 0.6 is 0 Å². The van der Waals surface area contributed by atoms with Gasteiger partial charge < -0.3 is 10.1 Å². The third kappa shape index (κ3) is 3.44. The minimum absolute atomic E-state index is 0.0595. The summed E-state index contributed by atoms with van der Waals surface area (Å²) in [5.74, 6) is -0.570. The first-order valence-corrected chi connectivity index (χ1v) is 5.42. The van der Waals surface area contributed by atoms with Crippen molar-refractivity contribution in [2.24, 2.45) is 0 Å². The summed E-state index contributed by atoms with van der Waals surface area (Å²) in [5, 5.41) is 2.15. The van der Waals surface area contributed by atoms with Gasteiger partial charge in [-0.2, -0.15) is 0 Å². The fraction of sp³-hybridized carbons (Fsp3) is 0.333. The van der Waals surface area contributed by atoms with Gasteiger partial charge in [0.25, 0.3) is 0 Å². The van der Waals surface area contributed by atoms with Crippen LogP contribution in [-0.2, 0) is 19.6 Å². The lowest BCUT2D eigenvalue weighted by atomic mass is 10.4. The summed E-state index contributed by atoms with van der Waals surface area (Å²) in [6.07, 6.45) is 1.92. The van der Waals surface area contributed by atoms with Crippen LogP contribution in [0.15, 0.2) is 11.8 Å². The molecular weight excluding hydrogens is 212 g/mol. The molecule has 0 saturated heterocycles. The molecule has 0 aromatic heterocycles. The highest BCUT2D eigenvalue weighted by Crippen LogP contribution is 2.01. The molecule has 1 heterocycles. The summed E-state index contributed by atoms with van der Waals surface area (Å²) in [5.41, 5.74) is 0.219. The van der Waals surface area contributed by atoms with E-state index in [9.17, 15) is 18.0 Å². The van der Waals surface area contributed by atoms with Gasteiger partial charge in [-0.25, -0.2) is 22.7 Å². The molecule has 2 N–H and O–H groups in total. The fourth-order valence-corrected chi connectivity index (χ4v) is 1.17. The largest absolute Gasteiger partial charge is 0.456 e. The summed E-state index contributed by atoms with van der Waals surface area (Å²) >= 11 is 0. The Balaban J connectivity index is 2.50. The standard InChI is InChI=1S/C6H8N2O5S/c1-14(11,12)8-6(10)7-4-2-5(9)13-3-4/h2H,3H2,1H3,(H2,7,8,10). The Hall–Kier alpha value is -1.57. The van der Waals surface area contributed by atoms with Crippen LogP contribution in [0.5, 0.6) is 0 Å². The average molecular weight is 220 g/mol. The SMILES string of the molecule is CS(=O)(=O)NC(=O)NC1=CC(=O)OC1. The van der Waals surface area contributed by atoms with Crippen molar-refractivity contribution in [1.29, 1.82) is 0 Å². The van der Waals surface area contributed by atoms with Crippen molar-refractivity contribution >= 4 is 22.0 Å². The number of carbonyl (C=O) groups excluding carboxylic acids is 2. The molecule has 78 valence electrons. The van der Waals surface area contributed by atoms with Crippen molar-refractivity contribution in [2.45, 2.75) is 0 Å². The minimum Gasteiger partial charge on any atom is -0.456 e. The van der Waals surface area contributed by atoms with E-state index >= 15 is 0 Å². The third-order valence-electron chi connectivity index (χ3n) is 1.21. The Bertz CT molecular complexity index is 396. The molecule has 1 aliphatic rings. The van der Waals surface area contributed by atoms with Gasteiger partial charge in [0.05, 0.1) is 12.0 Å². The number of urea groups is 1. The number of sulfonamides is 1. The highest BCUT2D eigenvalue weighted by atomic mass is 32.2. The van der Waals surface area contributed by atoms with Crippen LogP contribution in [0, 0.1) is 0 Å². The predicted octanol–water partition coefficient (Wildman–Crippen LogP) is -1.31. The second kappa shape index (κ2) is 3.66. The van der Waals surface area contributed by atoms with Crippen LogP contribution in [-0.4, -0.2) is 33.3 Å². The number of ether oxygens (including phenoxy) is 1. The summed E-state index contributed by atoms with van der Waals surface area (Å²) in [7, 11) is -3.59. The topological polar surface area (TPSA) is 102 Å². The van der Waals surface area contributed by atoms with Crippen LogP contribution in [0.25, 0.3) is 0 Å². The first-order valence-electron chi connectivity index (χ1n) is 3.53. The quantitative estimate of drug-likeness (QED) is 0.562. The van der Waals surface area contributed by atoms with Crippen molar-refractivity contribution in [3.05, 3.63) is 11.8 Å². The Kier molecular flexibility index (Phi) is 2.75. The summed E-state index contributed by atoms with van der Waals surface area (Å²) in [6, 6.07) is -0.919. The zero-order chi connectivity index (χ0) is 10.8. The van der Waals surface area contributed by atoms with Gasteiger partial charge >= 0.3 is 12.0 Å². The molecule has 1 aliphatic heterocycles. The number of hydrogen-bond donors (Lipinski definition) is 2. The number of hydrogen-bond acceptors (Lipinski definition) is 5. The number of cyclic esters (lactones) is 1. The monoisotopic (exact) mass is 220 g/mol. The highest BCUT2D eigenvalue weighted by molar-refractivity contribution is 7.89. The molecule has 0 spiro atoms. The van der Waals surface area contributed by atoms with Crippen LogP contribution in [0.4, 0.5) is 4.79 Å². The average Bonchev–Trinajstić information content (AvgIpc) is 2.30. The molecule has 1 rings (SSSR count). The predicted molar refractivity (Wildman–Crippen MR) is 45.6 cm³/mol. The lowest BCUT2D eigenvalue weighted by molar-refractivity contribution is -0.134. The highest BCUT2D eigenvalue weighted by Gasteiger charge is 2.16. The molecule has 14 heavy (non-hydrogen) atoms. The first-order chi connectivity index (χ1) is 6.37. The van der Waals surface area contributed by atoms with Gasteiger partial charge in [-0.3, -0.25) is 0 Å². The summed E-state index contributed by atoms with van der Waals surface area (Å²) < 4.78 is 27.3. The van der Waals surface area contributed by atoms with Crippen LogP contribution in [0.2, 0.25) is 0 Å². The fourth-order valence-electron chi connectivity index (χ4n) is 0.786. The van der Waals surface area contributed by atoms with Crippen molar-refractivity contribution in [2.75, 3.05) is 12.9 Å². The van der Waals surface area contributed by atoms with E-state index in [0.29, 0.717) is 0 Å². The number of esters is 1. The normalized spacial score (nSPS) is 15.8. The minimum atomic E-state index is -3.59. The maximum Gasteiger partial charge on any atom is 0.333 e. The van der Waals surface area contributed by atoms with E-state index in [4.69, 9.17) is 0 Å². The van der Waals surface area contributed by atoms with Gasteiger partial charge in [0.15, 0.2) is 0 Å². The van der Waals surface area contributed by atoms with E-state index in [2.05, 4.69) is 10.1 Å². The second-order valence-electron chi connectivity index (χ2n) is 2.61. The van der Waals surface area contributed by atoms with Crippen LogP contribution in [0.1, 0.15) is 0 Å². The van der Waals surface area contributed by atoms with Gasteiger partial charge in [-0.05, 0) is 0 Å². The molecule has 0 saturated carbocycles. The Labute approximate surface area is 80.2 Å². The smallest absolute Gasteiger partial charge is 0.333 e. The Morgan fingerprint density at radius 1 is 1.57 bits per heavy atom. The van der Waals surface area contributed by atoms with E-state index in [1.807, 2.05) is 0 Å². The first kappa shape index (κ1) is 10.5. The van der Waals surface area contributed by atoms with E-state index in [0.717, 1.165) is 12.3 Å². The van der Waals surface area contributed by atoms with Crippen molar-refractivity contribution in [1.82, 2.24) is 10.0 Å². The molecule has 0 aromatic carbocycles. The Morgan fingerprint density at radius 2 is 2.21 bits per heavy atom. The molecule has 0 fully saturated rings. The van der Waals surface area contributed by atoms with Gasteiger partial charge in [-0.1, -0.05) is 0 Å². The van der Waals surface area contributed by atoms with Gasteiger partial charge in [0, 0.05) is 6.08 Å². The molecule has 0 radical (unpaired) electrons. The van der Waals surface area contributed by atoms with E-state index in [1.165, 1.54) is 0 Å². The molecule has 0 atom stereocenters. The lowest BCUT2D eigenvalue weighted by Gasteiger charge is -2.04. The molecule has 7 nitrogen and oxygen atoms in total. The molecule has 0 unspecified atom stereocenters. The van der Waals surface area contributed by atoms with Gasteiger partial charge in [-0.15, -0.1) is 0 Å². The van der Waals surface area contributed by atoms with Gasteiger partial charge in [0.2, 0.25) is 10.0 Å². The molecule has 0 bridgehead atoms. The third-order valence-corrected chi connectivity index (χ3v) is 1.77. The van der Waals surface area contributed by atoms with E-state index in [-0.39, 0.29) is 12.3 Å². The number of nitrogens with one attached hydrogen (secondary N) is 2. The zero-order valence-corrected chi connectivity index (χ0v) is 8.05. The summed E-state index contributed by atoms with van der Waals surface area (Å²) in [6.45, 7) is -0.0595. The van der Waals surface area contributed by atoms with Crippen LogP contribution < -0.4 is 10.0 Å². The van der Waals surface area contributed by atoms with E-state index < -0.39 is 22.0 Å². The van der Waals surface area contributed by atoms with Crippen molar-refractivity contribution < 1.29 is 22.7 Å². The molecule has 0 aromatic rings. The van der Waals surface area contributed by atoms with Gasteiger partial charge in [0.1, 0.15) is 6.61 Å². The van der Waals surface area contributed by atoms with Crippen LogP contribution in [0.3, 0.4) is 0 Å². The Morgan fingerprint density at radius 3 is 2.64 bits per heavy atom. The number of amides is 2. The maximum atomic E-state index is 10.9. The number of rotatable bonds is 2. The lowest BCUT2D eigenvalue weighted by Crippen LogP contribution is -2.38. The molecule has 0 aliphatic carbocycles. The molecule has 2 amide bonds. The second-order valence-corrected chi connectivity index (χ2v) is 4.35. The molecule has 8 heteroatoms. The summed E-state index contributed by atoms with van der Waals surface area (Å²) in [4.78, 5) is 21.4. The van der Waals surface area contributed by atoms with Crippen molar-refractivity contribution in [3.63, 3.8) is 0 Å². The zero-order valence-electron chi connectivity index (χ0n) is 7.23. The number of carbonyl (C=O) groups is 2. The van der Waals surface area contributed by atoms with E-state index in [1.54, 1.807) is 4.72 Å². The maximum absolute atomic E-state index is 10.9. The molecular formula is C6H8N2O5S. The van der Waals surface area contributed by atoms with Crippen molar-refractivity contribution in [3.8, 4) is 0 Å².